The van der Waals surface area contributed by atoms with Crippen LogP contribution in [0.1, 0.15) is 57.2 Å². The van der Waals surface area contributed by atoms with E-state index in [-0.39, 0.29) is 11.3 Å². The number of hydrogen-bond acceptors (Lipinski definition) is 2. The Balaban J connectivity index is 2.39. The number of rotatable bonds is 2. The van der Waals surface area contributed by atoms with Crippen LogP contribution >= 0.6 is 0 Å². The maximum Gasteiger partial charge on any atom is 0.121 e. The Morgan fingerprint density at radius 1 is 1.05 bits per heavy atom. The van der Waals surface area contributed by atoms with Crippen molar-refractivity contribution < 1.29 is 10.2 Å². The number of aromatic hydroxyl groups is 1. The molecule has 0 saturated heterocycles. The van der Waals surface area contributed by atoms with Crippen LogP contribution in [0.3, 0.4) is 0 Å². The van der Waals surface area contributed by atoms with Gasteiger partial charge in [-0.1, -0.05) is 32.9 Å². The van der Waals surface area contributed by atoms with Crippen LogP contribution < -0.4 is 0 Å². The third kappa shape index (κ3) is 2.81. The molecule has 2 nitrogen and oxygen atoms in total. The van der Waals surface area contributed by atoms with Crippen molar-refractivity contribution in [2.45, 2.75) is 59.8 Å². The second-order valence-electron chi connectivity index (χ2n) is 7.38. The first-order chi connectivity index (χ1) is 9.64. The molecule has 1 aliphatic rings. The van der Waals surface area contributed by atoms with Gasteiger partial charge in [0.2, 0.25) is 0 Å². The molecule has 0 fully saturated rings. The molecule has 21 heavy (non-hydrogen) atoms. The SMILES string of the molecule is CC1=C(O)C(C)CC(C(C)(C)c2cc(C)c(O)c(C)c2)C1. The Morgan fingerprint density at radius 2 is 1.57 bits per heavy atom. The lowest BCUT2D eigenvalue weighted by Gasteiger charge is -2.40. The van der Waals surface area contributed by atoms with Gasteiger partial charge in [-0.25, -0.2) is 0 Å². The molecule has 2 unspecified atom stereocenters. The van der Waals surface area contributed by atoms with E-state index in [1.54, 1.807) is 0 Å². The number of aryl methyl sites for hydroxylation is 2. The maximum atomic E-state index is 10.1. The summed E-state index contributed by atoms with van der Waals surface area (Å²) in [6.07, 6.45) is 1.96. The van der Waals surface area contributed by atoms with E-state index in [9.17, 15) is 10.2 Å². The first kappa shape index (κ1) is 15.9. The largest absolute Gasteiger partial charge is 0.512 e. The molecule has 0 radical (unpaired) electrons. The van der Waals surface area contributed by atoms with Crippen molar-refractivity contribution in [3.63, 3.8) is 0 Å². The molecule has 0 bridgehead atoms. The molecule has 1 aliphatic carbocycles. The Bertz CT molecular complexity index is 558. The van der Waals surface area contributed by atoms with E-state index in [2.05, 4.69) is 32.9 Å². The lowest BCUT2D eigenvalue weighted by molar-refractivity contribution is 0.207. The molecule has 2 heteroatoms. The van der Waals surface area contributed by atoms with Gasteiger partial charge in [0.25, 0.3) is 0 Å². The zero-order valence-corrected chi connectivity index (χ0v) is 14.1. The second kappa shape index (κ2) is 5.40. The summed E-state index contributed by atoms with van der Waals surface area (Å²) < 4.78 is 0. The molecule has 0 aliphatic heterocycles. The fourth-order valence-electron chi connectivity index (χ4n) is 3.63. The normalized spacial score (nSPS) is 23.5. The van der Waals surface area contributed by atoms with Crippen LogP contribution in [0.4, 0.5) is 0 Å². The fraction of sp³-hybridized carbons (Fsp3) is 0.579. The molecule has 1 aromatic rings. The zero-order chi connectivity index (χ0) is 15.9. The summed E-state index contributed by atoms with van der Waals surface area (Å²) >= 11 is 0. The second-order valence-corrected chi connectivity index (χ2v) is 7.38. The lowest BCUT2D eigenvalue weighted by Crippen LogP contribution is -2.33. The Morgan fingerprint density at radius 3 is 2.05 bits per heavy atom. The van der Waals surface area contributed by atoms with E-state index >= 15 is 0 Å². The predicted octanol–water partition coefficient (Wildman–Crippen LogP) is 5.16. The van der Waals surface area contributed by atoms with Crippen molar-refractivity contribution in [1.82, 2.24) is 0 Å². The van der Waals surface area contributed by atoms with Gasteiger partial charge < -0.3 is 10.2 Å². The minimum Gasteiger partial charge on any atom is -0.512 e. The van der Waals surface area contributed by atoms with Crippen LogP contribution in [0.2, 0.25) is 0 Å². The predicted molar refractivity (Wildman–Crippen MR) is 87.8 cm³/mol. The summed E-state index contributed by atoms with van der Waals surface area (Å²) in [5.74, 6) is 1.73. The molecule has 2 N–H and O–H groups in total. The van der Waals surface area contributed by atoms with E-state index in [0.29, 0.717) is 17.4 Å². The van der Waals surface area contributed by atoms with Crippen LogP contribution in [-0.4, -0.2) is 10.2 Å². The van der Waals surface area contributed by atoms with Gasteiger partial charge in [-0.15, -0.1) is 0 Å². The Kier molecular flexibility index (Phi) is 4.10. The van der Waals surface area contributed by atoms with Crippen molar-refractivity contribution in [2.24, 2.45) is 11.8 Å². The molecule has 0 aromatic heterocycles. The number of allylic oxidation sites excluding steroid dienone is 2. The molecular weight excluding hydrogens is 260 g/mol. The van der Waals surface area contributed by atoms with E-state index in [4.69, 9.17) is 0 Å². The van der Waals surface area contributed by atoms with Crippen LogP contribution in [0.5, 0.6) is 5.75 Å². The molecule has 116 valence electrons. The van der Waals surface area contributed by atoms with Gasteiger partial charge in [-0.2, -0.15) is 0 Å². The number of phenolic OH excluding ortho intramolecular Hbond substituents is 1. The fourth-order valence-corrected chi connectivity index (χ4v) is 3.63. The molecular formula is C19H28O2. The van der Waals surface area contributed by atoms with Gasteiger partial charge in [-0.05, 0) is 67.2 Å². The van der Waals surface area contributed by atoms with E-state index in [0.717, 1.165) is 29.5 Å². The topological polar surface area (TPSA) is 40.5 Å². The summed E-state index contributed by atoms with van der Waals surface area (Å²) in [6.45, 7) is 12.6. The van der Waals surface area contributed by atoms with Gasteiger partial charge >= 0.3 is 0 Å². The molecule has 0 amide bonds. The summed E-state index contributed by atoms with van der Waals surface area (Å²) in [6, 6.07) is 4.22. The smallest absolute Gasteiger partial charge is 0.121 e. The highest BCUT2D eigenvalue weighted by Gasteiger charge is 2.36. The average molecular weight is 288 g/mol. The van der Waals surface area contributed by atoms with Crippen LogP contribution in [-0.2, 0) is 5.41 Å². The first-order valence-corrected chi connectivity index (χ1v) is 7.83. The summed E-state index contributed by atoms with van der Waals surface area (Å²) in [5.41, 5.74) is 4.31. The van der Waals surface area contributed by atoms with Gasteiger partial charge in [-0.3, -0.25) is 0 Å². The number of benzene rings is 1. The van der Waals surface area contributed by atoms with Gasteiger partial charge in [0, 0.05) is 5.92 Å². The van der Waals surface area contributed by atoms with Crippen molar-refractivity contribution in [1.29, 1.82) is 0 Å². The van der Waals surface area contributed by atoms with Gasteiger partial charge in [0.15, 0.2) is 0 Å². The molecule has 0 saturated carbocycles. The van der Waals surface area contributed by atoms with Crippen molar-refractivity contribution in [3.05, 3.63) is 40.2 Å². The van der Waals surface area contributed by atoms with Gasteiger partial charge in [0.05, 0.1) is 5.76 Å². The van der Waals surface area contributed by atoms with E-state index in [1.807, 2.05) is 20.8 Å². The minimum atomic E-state index is 0.0272. The van der Waals surface area contributed by atoms with Crippen LogP contribution in [0.25, 0.3) is 0 Å². The standard InChI is InChI=1S/C19H28O2/c1-11-7-15(8-12(2)17(11)20)19(5,6)16-9-13(3)18(21)14(4)10-16/h7-8,13,16,20-21H,9-10H2,1-6H3. The highest BCUT2D eigenvalue weighted by molar-refractivity contribution is 5.44. The highest BCUT2D eigenvalue weighted by Crippen LogP contribution is 2.45. The maximum absolute atomic E-state index is 10.1. The van der Waals surface area contributed by atoms with E-state index in [1.165, 1.54) is 5.56 Å². The van der Waals surface area contributed by atoms with Crippen molar-refractivity contribution in [2.75, 3.05) is 0 Å². The Hall–Kier alpha value is -1.44. The highest BCUT2D eigenvalue weighted by atomic mass is 16.3. The molecule has 2 rings (SSSR count). The number of phenols is 1. The Labute approximate surface area is 128 Å². The first-order valence-electron chi connectivity index (χ1n) is 7.83. The summed E-state index contributed by atoms with van der Waals surface area (Å²) in [5, 5.41) is 20.1. The zero-order valence-electron chi connectivity index (χ0n) is 14.1. The third-order valence-corrected chi connectivity index (χ3v) is 5.35. The van der Waals surface area contributed by atoms with Crippen molar-refractivity contribution in [3.8, 4) is 5.75 Å². The van der Waals surface area contributed by atoms with Crippen LogP contribution in [0, 0.1) is 25.7 Å². The lowest BCUT2D eigenvalue weighted by atomic mass is 9.65. The number of aliphatic hydroxyl groups excluding tert-OH is 1. The summed E-state index contributed by atoms with van der Waals surface area (Å²) in [4.78, 5) is 0. The minimum absolute atomic E-state index is 0.0272. The van der Waals surface area contributed by atoms with Gasteiger partial charge in [0.1, 0.15) is 5.75 Å². The molecule has 0 spiro atoms. The third-order valence-electron chi connectivity index (χ3n) is 5.35. The monoisotopic (exact) mass is 288 g/mol. The molecule has 0 heterocycles. The van der Waals surface area contributed by atoms with Crippen LogP contribution in [0.15, 0.2) is 23.5 Å². The summed E-state index contributed by atoms with van der Waals surface area (Å²) in [7, 11) is 0. The van der Waals surface area contributed by atoms with Crippen molar-refractivity contribution >= 4 is 0 Å². The molecule has 1 aromatic carbocycles. The average Bonchev–Trinajstić information content (AvgIpc) is 2.40. The quantitative estimate of drug-likeness (QED) is 0.788. The molecule has 2 atom stereocenters. The number of aliphatic hydroxyl groups is 1. The van der Waals surface area contributed by atoms with E-state index < -0.39 is 0 Å². The number of hydrogen-bond donors (Lipinski definition) is 2.